The van der Waals surface area contributed by atoms with E-state index in [4.69, 9.17) is 0 Å². The van der Waals surface area contributed by atoms with Gasteiger partial charge in [-0.05, 0) is 24.6 Å². The van der Waals surface area contributed by atoms with Gasteiger partial charge in [-0.3, -0.25) is 19.8 Å². The van der Waals surface area contributed by atoms with Crippen molar-refractivity contribution in [3.63, 3.8) is 0 Å². The van der Waals surface area contributed by atoms with Crippen LogP contribution in [0.1, 0.15) is 11.1 Å². The molecule has 1 aromatic heterocycles. The molecule has 8 nitrogen and oxygen atoms in total. The Morgan fingerprint density at radius 3 is 2.50 bits per heavy atom. The van der Waals surface area contributed by atoms with Gasteiger partial charge in [0.05, 0.1) is 22.7 Å². The minimum absolute atomic E-state index is 0.0350. The number of anilines is 2. The van der Waals surface area contributed by atoms with Crippen molar-refractivity contribution in [2.75, 3.05) is 42.9 Å². The summed E-state index contributed by atoms with van der Waals surface area (Å²) in [5, 5.41) is 13.2. The number of piperazine rings is 1. The molecule has 160 valence electrons. The van der Waals surface area contributed by atoms with Crippen LogP contribution in [-0.2, 0) is 11.0 Å². The van der Waals surface area contributed by atoms with Gasteiger partial charge in [-0.15, -0.1) is 0 Å². The monoisotopic (exact) mass is 423 g/mol. The van der Waals surface area contributed by atoms with E-state index < -0.39 is 22.6 Å². The number of halogens is 3. The summed E-state index contributed by atoms with van der Waals surface area (Å²) in [6.45, 7) is 3.80. The second kappa shape index (κ2) is 8.66. The lowest BCUT2D eigenvalue weighted by atomic mass is 10.1. The van der Waals surface area contributed by atoms with Crippen LogP contribution in [0.5, 0.6) is 0 Å². The van der Waals surface area contributed by atoms with Crippen LogP contribution in [0.2, 0.25) is 0 Å². The first kappa shape index (κ1) is 21.5. The maximum absolute atomic E-state index is 13.1. The Hall–Kier alpha value is -3.21. The van der Waals surface area contributed by atoms with Gasteiger partial charge in [0.1, 0.15) is 12.0 Å². The van der Waals surface area contributed by atoms with Crippen molar-refractivity contribution in [3.8, 4) is 0 Å². The van der Waals surface area contributed by atoms with E-state index in [0.717, 1.165) is 6.07 Å². The van der Waals surface area contributed by atoms with Crippen molar-refractivity contribution in [1.82, 2.24) is 9.88 Å². The number of nitro groups is 1. The van der Waals surface area contributed by atoms with Gasteiger partial charge in [0.15, 0.2) is 0 Å². The largest absolute Gasteiger partial charge is 0.418 e. The van der Waals surface area contributed by atoms with Gasteiger partial charge >= 0.3 is 6.18 Å². The van der Waals surface area contributed by atoms with Crippen LogP contribution in [-0.4, -0.2) is 53.4 Å². The number of carbonyl (C=O) groups excluding carboxylic acids is 1. The molecule has 0 saturated carbocycles. The van der Waals surface area contributed by atoms with Crippen LogP contribution < -0.4 is 10.2 Å². The summed E-state index contributed by atoms with van der Waals surface area (Å²) in [6.07, 6.45) is -3.34. The highest BCUT2D eigenvalue weighted by Crippen LogP contribution is 2.34. The number of amides is 1. The van der Waals surface area contributed by atoms with Crippen molar-refractivity contribution >= 4 is 23.1 Å². The van der Waals surface area contributed by atoms with Crippen molar-refractivity contribution in [2.45, 2.75) is 13.1 Å². The molecule has 3 rings (SSSR count). The van der Waals surface area contributed by atoms with Crippen LogP contribution >= 0.6 is 0 Å². The van der Waals surface area contributed by atoms with E-state index in [1.54, 1.807) is 6.92 Å². The molecule has 2 aromatic rings. The second-order valence-corrected chi connectivity index (χ2v) is 6.95. The lowest BCUT2D eigenvalue weighted by Crippen LogP contribution is -2.49. The molecule has 0 spiro atoms. The number of aryl methyl sites for hydroxylation is 1. The van der Waals surface area contributed by atoms with E-state index in [1.165, 1.54) is 30.5 Å². The number of nitrogens with zero attached hydrogens (tertiary/aromatic N) is 4. The first-order chi connectivity index (χ1) is 14.1. The van der Waals surface area contributed by atoms with Crippen molar-refractivity contribution in [2.24, 2.45) is 0 Å². The number of para-hydroxylation sites is 1. The normalized spacial score (nSPS) is 15.1. The number of hydrogen-bond donors (Lipinski definition) is 1. The van der Waals surface area contributed by atoms with Crippen LogP contribution in [0.3, 0.4) is 0 Å². The molecule has 1 amide bonds. The maximum atomic E-state index is 13.1. The Bertz CT molecular complexity index is 943. The number of benzene rings is 1. The number of aromatic nitrogens is 1. The molecule has 0 bridgehead atoms. The SMILES string of the molecule is Cc1cc([N+](=O)[O-])cnc1N1CCN(CC(=O)Nc2ccccc2C(F)(F)F)CC1. The van der Waals surface area contributed by atoms with Gasteiger partial charge < -0.3 is 10.2 Å². The average Bonchev–Trinajstić information content (AvgIpc) is 2.68. The molecule has 1 N–H and O–H groups in total. The Kier molecular flexibility index (Phi) is 6.20. The molecular formula is C19H20F3N5O3. The van der Waals surface area contributed by atoms with Gasteiger partial charge in [0, 0.05) is 32.2 Å². The predicted molar refractivity (Wildman–Crippen MR) is 104 cm³/mol. The summed E-state index contributed by atoms with van der Waals surface area (Å²) in [7, 11) is 0. The standard InChI is InChI=1S/C19H20F3N5O3/c1-13-10-14(27(29)30)11-23-18(13)26-8-6-25(7-9-26)12-17(28)24-16-5-3-2-4-15(16)19(20,21)22/h2-5,10-11H,6-9,12H2,1H3,(H,24,28). The summed E-state index contributed by atoms with van der Waals surface area (Å²) < 4.78 is 39.2. The third-order valence-electron chi connectivity index (χ3n) is 4.79. The molecule has 1 fully saturated rings. The number of hydrogen-bond acceptors (Lipinski definition) is 6. The van der Waals surface area contributed by atoms with Gasteiger partial charge in [-0.25, -0.2) is 4.98 Å². The number of pyridine rings is 1. The van der Waals surface area contributed by atoms with Gasteiger partial charge in [-0.2, -0.15) is 13.2 Å². The Labute approximate surface area is 170 Å². The van der Waals surface area contributed by atoms with Crippen molar-refractivity contribution in [3.05, 3.63) is 57.8 Å². The van der Waals surface area contributed by atoms with Gasteiger partial charge in [-0.1, -0.05) is 12.1 Å². The van der Waals surface area contributed by atoms with E-state index in [-0.39, 0.29) is 17.9 Å². The average molecular weight is 423 g/mol. The minimum atomic E-state index is -4.55. The van der Waals surface area contributed by atoms with Crippen LogP contribution in [0.25, 0.3) is 0 Å². The van der Waals surface area contributed by atoms with Crippen molar-refractivity contribution < 1.29 is 22.9 Å². The molecule has 1 aliphatic heterocycles. The molecule has 11 heteroatoms. The molecule has 2 heterocycles. The molecule has 30 heavy (non-hydrogen) atoms. The molecule has 0 unspecified atom stereocenters. The summed E-state index contributed by atoms with van der Waals surface area (Å²) in [6, 6.07) is 6.31. The molecule has 0 aliphatic carbocycles. The first-order valence-electron chi connectivity index (χ1n) is 9.19. The quantitative estimate of drug-likeness (QED) is 0.587. The second-order valence-electron chi connectivity index (χ2n) is 6.95. The molecule has 1 aromatic carbocycles. The fourth-order valence-electron chi connectivity index (χ4n) is 3.33. The number of nitrogens with one attached hydrogen (secondary N) is 1. The molecule has 0 atom stereocenters. The zero-order valence-electron chi connectivity index (χ0n) is 16.1. The topological polar surface area (TPSA) is 91.6 Å². The highest BCUT2D eigenvalue weighted by molar-refractivity contribution is 5.93. The number of carbonyl (C=O) groups is 1. The third kappa shape index (κ3) is 5.03. The highest BCUT2D eigenvalue weighted by atomic mass is 19.4. The zero-order chi connectivity index (χ0) is 21.9. The molecular weight excluding hydrogens is 403 g/mol. The Morgan fingerprint density at radius 1 is 1.23 bits per heavy atom. The lowest BCUT2D eigenvalue weighted by Gasteiger charge is -2.35. The van der Waals surface area contributed by atoms with Crippen LogP contribution in [0, 0.1) is 17.0 Å². The van der Waals surface area contributed by atoms with Crippen LogP contribution in [0.15, 0.2) is 36.5 Å². The van der Waals surface area contributed by atoms with E-state index in [2.05, 4.69) is 10.3 Å². The van der Waals surface area contributed by atoms with E-state index in [9.17, 15) is 28.1 Å². The minimum Gasteiger partial charge on any atom is -0.354 e. The van der Waals surface area contributed by atoms with Crippen molar-refractivity contribution in [1.29, 1.82) is 0 Å². The molecule has 1 aliphatic rings. The zero-order valence-corrected chi connectivity index (χ0v) is 16.1. The third-order valence-corrected chi connectivity index (χ3v) is 4.79. The summed E-state index contributed by atoms with van der Waals surface area (Å²) in [5.41, 5.74) is -0.549. The summed E-state index contributed by atoms with van der Waals surface area (Å²) >= 11 is 0. The van der Waals surface area contributed by atoms with Crippen LogP contribution in [0.4, 0.5) is 30.4 Å². The van der Waals surface area contributed by atoms with E-state index >= 15 is 0 Å². The smallest absolute Gasteiger partial charge is 0.354 e. The first-order valence-corrected chi connectivity index (χ1v) is 9.19. The summed E-state index contributed by atoms with van der Waals surface area (Å²) in [4.78, 5) is 30.6. The Balaban J connectivity index is 1.57. The number of rotatable bonds is 5. The highest BCUT2D eigenvalue weighted by Gasteiger charge is 2.33. The maximum Gasteiger partial charge on any atom is 0.418 e. The molecule has 1 saturated heterocycles. The van der Waals surface area contributed by atoms with E-state index in [0.29, 0.717) is 37.6 Å². The van der Waals surface area contributed by atoms with E-state index in [1.807, 2.05) is 9.80 Å². The fraction of sp³-hybridized carbons (Fsp3) is 0.368. The number of alkyl halides is 3. The lowest BCUT2D eigenvalue weighted by molar-refractivity contribution is -0.385. The van der Waals surface area contributed by atoms with Gasteiger partial charge in [0.2, 0.25) is 5.91 Å². The molecule has 0 radical (unpaired) electrons. The van der Waals surface area contributed by atoms with Gasteiger partial charge in [0.25, 0.3) is 5.69 Å². The predicted octanol–water partition coefficient (Wildman–Crippen LogP) is 3.08. The fourth-order valence-corrected chi connectivity index (χ4v) is 3.33. The Morgan fingerprint density at radius 2 is 1.90 bits per heavy atom. The summed E-state index contributed by atoms with van der Waals surface area (Å²) in [5.74, 6) is 0.119.